The fourth-order valence-corrected chi connectivity index (χ4v) is 3.90. The molecule has 3 atom stereocenters. The number of para-hydroxylation sites is 1. The molecule has 0 aliphatic rings. The molecular formula is C23H28N4O2. The molecular weight excluding hydrogens is 364 g/mol. The number of hydrogen-bond donors (Lipinski definition) is 2. The van der Waals surface area contributed by atoms with Crippen LogP contribution in [-0.2, 0) is 10.2 Å². The van der Waals surface area contributed by atoms with Crippen molar-refractivity contribution in [2.24, 2.45) is 5.73 Å². The van der Waals surface area contributed by atoms with Crippen molar-refractivity contribution in [2.45, 2.75) is 31.3 Å². The summed E-state index contributed by atoms with van der Waals surface area (Å²) in [5.74, 6) is -0.950. The monoisotopic (exact) mass is 392 g/mol. The van der Waals surface area contributed by atoms with Crippen LogP contribution in [0.1, 0.15) is 29.8 Å². The van der Waals surface area contributed by atoms with Crippen LogP contribution < -0.4 is 5.73 Å². The van der Waals surface area contributed by atoms with Crippen LogP contribution in [0.15, 0.2) is 66.9 Å². The number of aromatic nitrogens is 2. The Labute approximate surface area is 171 Å². The zero-order valence-corrected chi connectivity index (χ0v) is 17.3. The van der Waals surface area contributed by atoms with Crippen molar-refractivity contribution < 1.29 is 9.90 Å². The highest BCUT2D eigenvalue weighted by Gasteiger charge is 2.47. The second-order valence-electron chi connectivity index (χ2n) is 7.78. The first kappa shape index (κ1) is 20.8. The molecule has 1 heterocycles. The summed E-state index contributed by atoms with van der Waals surface area (Å²) in [4.78, 5) is 14.4. The number of likely N-dealkylation sites (N-methyl/N-ethyl adjacent to an activating group) is 1. The molecule has 0 fully saturated rings. The predicted octanol–water partition coefficient (Wildman–Crippen LogP) is 3.15. The first-order chi connectivity index (χ1) is 13.8. The number of carboxylic acids is 1. The van der Waals surface area contributed by atoms with Gasteiger partial charge in [-0.05, 0) is 57.3 Å². The summed E-state index contributed by atoms with van der Waals surface area (Å²) in [5.41, 5.74) is 8.71. The SMILES string of the molecule is Cc1ccccc1C(C)(C(=O)O)C(N)C(c1ccn(-c2ccccc2)n1)N(C)C. The van der Waals surface area contributed by atoms with Crippen molar-refractivity contribution in [2.75, 3.05) is 14.1 Å². The summed E-state index contributed by atoms with van der Waals surface area (Å²) >= 11 is 0. The van der Waals surface area contributed by atoms with Gasteiger partial charge in [0.15, 0.2) is 0 Å². The van der Waals surface area contributed by atoms with E-state index in [1.165, 1.54) is 0 Å². The third-order valence-electron chi connectivity index (χ3n) is 5.65. The highest BCUT2D eigenvalue weighted by atomic mass is 16.4. The van der Waals surface area contributed by atoms with E-state index in [-0.39, 0.29) is 6.04 Å². The van der Waals surface area contributed by atoms with Gasteiger partial charge in [-0.25, -0.2) is 4.68 Å². The van der Waals surface area contributed by atoms with E-state index in [2.05, 4.69) is 0 Å². The van der Waals surface area contributed by atoms with E-state index in [4.69, 9.17) is 10.8 Å². The minimum Gasteiger partial charge on any atom is -0.481 e. The summed E-state index contributed by atoms with van der Waals surface area (Å²) < 4.78 is 1.78. The van der Waals surface area contributed by atoms with Crippen LogP contribution in [0.4, 0.5) is 0 Å². The van der Waals surface area contributed by atoms with E-state index < -0.39 is 17.4 Å². The molecule has 3 aromatic rings. The number of rotatable bonds is 7. The van der Waals surface area contributed by atoms with E-state index in [0.29, 0.717) is 5.56 Å². The summed E-state index contributed by atoms with van der Waals surface area (Å²) in [6.07, 6.45) is 1.87. The molecule has 0 radical (unpaired) electrons. The van der Waals surface area contributed by atoms with Crippen molar-refractivity contribution in [3.63, 3.8) is 0 Å². The van der Waals surface area contributed by atoms with Crippen LogP contribution in [0.5, 0.6) is 0 Å². The van der Waals surface area contributed by atoms with E-state index in [9.17, 15) is 9.90 Å². The summed E-state index contributed by atoms with van der Waals surface area (Å²) in [5, 5.41) is 14.9. The van der Waals surface area contributed by atoms with Gasteiger partial charge in [0.05, 0.1) is 17.4 Å². The lowest BCUT2D eigenvalue weighted by Gasteiger charge is -2.39. The molecule has 2 aromatic carbocycles. The van der Waals surface area contributed by atoms with Crippen LogP contribution in [0.2, 0.25) is 0 Å². The highest BCUT2D eigenvalue weighted by Crippen LogP contribution is 2.37. The molecule has 6 heteroatoms. The van der Waals surface area contributed by atoms with Gasteiger partial charge in [0, 0.05) is 12.2 Å². The van der Waals surface area contributed by atoms with Gasteiger partial charge in [-0.3, -0.25) is 9.69 Å². The molecule has 3 rings (SSSR count). The number of nitrogens with two attached hydrogens (primary N) is 1. The van der Waals surface area contributed by atoms with Crippen molar-refractivity contribution in [3.8, 4) is 5.69 Å². The Morgan fingerprint density at radius 1 is 1.10 bits per heavy atom. The minimum atomic E-state index is -1.28. The van der Waals surface area contributed by atoms with E-state index in [1.54, 1.807) is 11.6 Å². The second-order valence-corrected chi connectivity index (χ2v) is 7.78. The number of nitrogens with zero attached hydrogens (tertiary/aromatic N) is 3. The Balaban J connectivity index is 2.05. The Kier molecular flexibility index (Phi) is 5.86. The first-order valence-electron chi connectivity index (χ1n) is 9.59. The molecule has 1 aromatic heterocycles. The Morgan fingerprint density at radius 2 is 1.72 bits per heavy atom. The molecule has 0 bridgehead atoms. The lowest BCUT2D eigenvalue weighted by atomic mass is 9.71. The zero-order chi connectivity index (χ0) is 21.2. The van der Waals surface area contributed by atoms with Crippen LogP contribution in [0, 0.1) is 6.92 Å². The van der Waals surface area contributed by atoms with Crippen molar-refractivity contribution in [3.05, 3.63) is 83.7 Å². The maximum atomic E-state index is 12.5. The van der Waals surface area contributed by atoms with Gasteiger partial charge in [-0.15, -0.1) is 0 Å². The summed E-state index contributed by atoms with van der Waals surface area (Å²) in [7, 11) is 3.79. The lowest BCUT2D eigenvalue weighted by Crippen LogP contribution is -2.55. The smallest absolute Gasteiger partial charge is 0.315 e. The molecule has 0 saturated carbocycles. The van der Waals surface area contributed by atoms with Crippen LogP contribution in [0.3, 0.4) is 0 Å². The number of aliphatic carboxylic acids is 1. The van der Waals surface area contributed by atoms with Gasteiger partial charge >= 0.3 is 5.97 Å². The minimum absolute atomic E-state index is 0.388. The number of benzene rings is 2. The van der Waals surface area contributed by atoms with Crippen molar-refractivity contribution >= 4 is 5.97 Å². The zero-order valence-electron chi connectivity index (χ0n) is 17.3. The molecule has 0 aliphatic carbocycles. The summed E-state index contributed by atoms with van der Waals surface area (Å²) in [6, 6.07) is 18.1. The van der Waals surface area contributed by atoms with E-state index in [0.717, 1.165) is 16.9 Å². The average molecular weight is 393 g/mol. The van der Waals surface area contributed by atoms with Crippen LogP contribution in [-0.4, -0.2) is 45.9 Å². The Hall–Kier alpha value is -2.96. The normalized spacial score (nSPS) is 15.7. The Bertz CT molecular complexity index is 983. The molecule has 3 unspecified atom stereocenters. The fraction of sp³-hybridized carbons (Fsp3) is 0.304. The molecule has 152 valence electrons. The number of hydrogen-bond acceptors (Lipinski definition) is 4. The summed E-state index contributed by atoms with van der Waals surface area (Å²) in [6.45, 7) is 3.62. The predicted molar refractivity (Wildman–Crippen MR) is 114 cm³/mol. The molecule has 0 spiro atoms. The topological polar surface area (TPSA) is 84.4 Å². The van der Waals surface area contributed by atoms with Gasteiger partial charge in [0.1, 0.15) is 5.41 Å². The lowest BCUT2D eigenvalue weighted by molar-refractivity contribution is -0.144. The third-order valence-corrected chi connectivity index (χ3v) is 5.65. The second kappa shape index (κ2) is 8.19. The van der Waals surface area contributed by atoms with E-state index >= 15 is 0 Å². The van der Waals surface area contributed by atoms with Gasteiger partial charge < -0.3 is 10.8 Å². The van der Waals surface area contributed by atoms with E-state index in [1.807, 2.05) is 92.8 Å². The maximum absolute atomic E-state index is 12.5. The van der Waals surface area contributed by atoms with Gasteiger partial charge in [0.25, 0.3) is 0 Å². The maximum Gasteiger partial charge on any atom is 0.315 e. The molecule has 3 N–H and O–H groups in total. The third kappa shape index (κ3) is 3.81. The quantitative estimate of drug-likeness (QED) is 0.645. The van der Waals surface area contributed by atoms with Gasteiger partial charge in [0.2, 0.25) is 0 Å². The Morgan fingerprint density at radius 3 is 2.31 bits per heavy atom. The van der Waals surface area contributed by atoms with Gasteiger partial charge in [-0.2, -0.15) is 5.10 Å². The molecule has 0 aliphatic heterocycles. The highest BCUT2D eigenvalue weighted by molar-refractivity contribution is 5.82. The number of carboxylic acid groups (broad SMARTS) is 1. The largest absolute Gasteiger partial charge is 0.481 e. The molecule has 29 heavy (non-hydrogen) atoms. The number of carbonyl (C=O) groups is 1. The number of aryl methyl sites for hydroxylation is 1. The van der Waals surface area contributed by atoms with Crippen LogP contribution in [0.25, 0.3) is 5.69 Å². The first-order valence-corrected chi connectivity index (χ1v) is 9.59. The molecule has 6 nitrogen and oxygen atoms in total. The molecule has 0 amide bonds. The van der Waals surface area contributed by atoms with Gasteiger partial charge in [-0.1, -0.05) is 42.5 Å². The van der Waals surface area contributed by atoms with Crippen molar-refractivity contribution in [1.29, 1.82) is 0 Å². The van der Waals surface area contributed by atoms with Crippen LogP contribution >= 0.6 is 0 Å². The standard InChI is InChI=1S/C23H28N4O2/c1-16-10-8-9-13-18(16)23(2,22(28)29)21(24)20(26(3)4)19-14-15-27(25-19)17-11-6-5-7-12-17/h5-15,20-21H,24H2,1-4H3,(H,28,29). The van der Waals surface area contributed by atoms with Crippen molar-refractivity contribution in [1.82, 2.24) is 14.7 Å². The average Bonchev–Trinajstić information content (AvgIpc) is 3.17. The fourth-order valence-electron chi connectivity index (χ4n) is 3.90. The molecule has 0 saturated heterocycles.